The fourth-order valence-corrected chi connectivity index (χ4v) is 3.56. The van der Waals surface area contributed by atoms with Crippen molar-refractivity contribution in [1.82, 2.24) is 20.1 Å². The summed E-state index contributed by atoms with van der Waals surface area (Å²) < 4.78 is 13.1. The van der Waals surface area contributed by atoms with Crippen LogP contribution >= 0.6 is 0 Å². The number of aromatic nitrogens is 3. The van der Waals surface area contributed by atoms with E-state index in [0.717, 1.165) is 29.9 Å². The maximum atomic E-state index is 12.9. The third kappa shape index (κ3) is 4.97. The normalized spacial score (nSPS) is 14.7. The predicted octanol–water partition coefficient (Wildman–Crippen LogP) is 3.18. The smallest absolute Gasteiger partial charge is 0.225 e. The molecule has 0 radical (unpaired) electrons. The number of benzene rings is 2. The molecule has 1 aliphatic rings. The third-order valence-corrected chi connectivity index (χ3v) is 5.22. The molecule has 2 atom stereocenters. The summed E-state index contributed by atoms with van der Waals surface area (Å²) in [6, 6.07) is 16.1. The number of rotatable bonds is 8. The van der Waals surface area contributed by atoms with E-state index in [2.05, 4.69) is 27.5 Å². The van der Waals surface area contributed by atoms with Gasteiger partial charge in [0, 0.05) is 0 Å². The van der Waals surface area contributed by atoms with Gasteiger partial charge in [0.15, 0.2) is 11.5 Å². The number of amides is 1. The largest absolute Gasteiger partial charge is 0.486 e. The monoisotopic (exact) mass is 406 g/mol. The Labute approximate surface area is 176 Å². The quantitative estimate of drug-likeness (QED) is 0.622. The molecule has 1 amide bonds. The molecule has 1 N–H and O–H groups in total. The van der Waals surface area contributed by atoms with E-state index in [1.807, 2.05) is 43.3 Å². The van der Waals surface area contributed by atoms with Crippen LogP contribution in [0.2, 0.25) is 0 Å². The average molecular weight is 406 g/mol. The molecule has 7 heteroatoms. The number of carbonyl (C=O) groups excluding carboxylic acids is 1. The van der Waals surface area contributed by atoms with Crippen molar-refractivity contribution in [2.45, 2.75) is 32.4 Å². The molecule has 0 unspecified atom stereocenters. The Kier molecular flexibility index (Phi) is 6.27. The van der Waals surface area contributed by atoms with Crippen molar-refractivity contribution in [2.75, 3.05) is 13.2 Å². The first kappa shape index (κ1) is 19.9. The van der Waals surface area contributed by atoms with Gasteiger partial charge in [0.25, 0.3) is 0 Å². The number of hydrogen-bond donors (Lipinski definition) is 1. The van der Waals surface area contributed by atoms with E-state index in [-0.39, 0.29) is 17.9 Å². The van der Waals surface area contributed by atoms with Gasteiger partial charge in [0.05, 0.1) is 18.5 Å². The third-order valence-electron chi connectivity index (χ3n) is 5.22. The van der Waals surface area contributed by atoms with Crippen LogP contribution in [0.3, 0.4) is 0 Å². The zero-order valence-electron chi connectivity index (χ0n) is 17.0. The van der Waals surface area contributed by atoms with E-state index in [1.54, 1.807) is 11.0 Å². The van der Waals surface area contributed by atoms with Crippen LogP contribution in [0.5, 0.6) is 11.5 Å². The molecule has 0 saturated carbocycles. The second-order valence-electron chi connectivity index (χ2n) is 7.51. The molecule has 0 fully saturated rings. The molecule has 3 aromatic rings. The fourth-order valence-electron chi connectivity index (χ4n) is 3.56. The Hall–Kier alpha value is -3.35. The van der Waals surface area contributed by atoms with E-state index in [0.29, 0.717) is 19.8 Å². The van der Waals surface area contributed by atoms with Gasteiger partial charge in [-0.05, 0) is 36.1 Å². The lowest BCUT2D eigenvalue weighted by Gasteiger charge is -2.24. The highest BCUT2D eigenvalue weighted by molar-refractivity contribution is 5.78. The lowest BCUT2D eigenvalue weighted by Crippen LogP contribution is -2.35. The molecule has 0 saturated heterocycles. The Balaban J connectivity index is 1.49. The van der Waals surface area contributed by atoms with Gasteiger partial charge in [-0.15, -0.1) is 0 Å². The topological polar surface area (TPSA) is 78.3 Å². The highest BCUT2D eigenvalue weighted by atomic mass is 16.6. The minimum atomic E-state index is -0.233. The van der Waals surface area contributed by atoms with Crippen molar-refractivity contribution in [3.63, 3.8) is 0 Å². The van der Waals surface area contributed by atoms with Crippen LogP contribution in [0, 0.1) is 5.92 Å². The van der Waals surface area contributed by atoms with Crippen molar-refractivity contribution < 1.29 is 14.3 Å². The van der Waals surface area contributed by atoms with E-state index >= 15 is 0 Å². The van der Waals surface area contributed by atoms with Gasteiger partial charge in [0.1, 0.15) is 25.9 Å². The summed E-state index contributed by atoms with van der Waals surface area (Å²) in [6.07, 6.45) is 4.74. The molecule has 1 aromatic heterocycles. The molecular formula is C23H26N4O3. The molecular weight excluding hydrogens is 380 g/mol. The number of aryl methyl sites for hydroxylation is 1. The van der Waals surface area contributed by atoms with Crippen molar-refractivity contribution in [3.05, 3.63) is 72.3 Å². The SMILES string of the molecule is C[C@@H](Cn1cncn1)C(=O)N[C@@H](CCc1ccccc1)c1ccc2c(c1)OCCO2. The first-order valence-corrected chi connectivity index (χ1v) is 10.3. The van der Waals surface area contributed by atoms with E-state index < -0.39 is 0 Å². The van der Waals surface area contributed by atoms with Crippen LogP contribution in [0.4, 0.5) is 0 Å². The summed E-state index contributed by atoms with van der Waals surface area (Å²) in [4.78, 5) is 16.9. The van der Waals surface area contributed by atoms with Crippen molar-refractivity contribution in [1.29, 1.82) is 0 Å². The molecule has 4 rings (SSSR count). The first-order chi connectivity index (χ1) is 14.7. The van der Waals surface area contributed by atoms with E-state index in [4.69, 9.17) is 9.47 Å². The number of ether oxygens (including phenoxy) is 2. The molecule has 1 aliphatic heterocycles. The zero-order valence-corrected chi connectivity index (χ0v) is 17.0. The summed E-state index contributed by atoms with van der Waals surface area (Å²) in [7, 11) is 0. The summed E-state index contributed by atoms with van der Waals surface area (Å²) in [5.41, 5.74) is 2.25. The molecule has 2 heterocycles. The van der Waals surface area contributed by atoms with Crippen LogP contribution in [0.1, 0.15) is 30.5 Å². The molecule has 0 bridgehead atoms. The Morgan fingerprint density at radius 3 is 2.70 bits per heavy atom. The van der Waals surface area contributed by atoms with E-state index in [9.17, 15) is 4.79 Å². The van der Waals surface area contributed by atoms with Gasteiger partial charge < -0.3 is 14.8 Å². The molecule has 7 nitrogen and oxygen atoms in total. The van der Waals surface area contributed by atoms with Gasteiger partial charge in [0.2, 0.25) is 5.91 Å². The molecule has 156 valence electrons. The minimum Gasteiger partial charge on any atom is -0.486 e. The first-order valence-electron chi connectivity index (χ1n) is 10.3. The van der Waals surface area contributed by atoms with E-state index in [1.165, 1.54) is 11.9 Å². The summed E-state index contributed by atoms with van der Waals surface area (Å²) >= 11 is 0. The highest BCUT2D eigenvalue weighted by Gasteiger charge is 2.22. The standard InChI is InChI=1S/C23H26N4O3/c1-17(14-27-16-24-15-25-27)23(28)26-20(9-7-18-5-3-2-4-6-18)19-8-10-21-22(13-19)30-12-11-29-21/h2-6,8,10,13,15-17,20H,7,9,11-12,14H2,1H3,(H,26,28)/t17-,20-/m0/s1. The number of nitrogens with one attached hydrogen (secondary N) is 1. The van der Waals surface area contributed by atoms with Crippen LogP contribution in [0.25, 0.3) is 0 Å². The maximum Gasteiger partial charge on any atom is 0.225 e. The molecule has 2 aromatic carbocycles. The summed E-state index contributed by atoms with van der Waals surface area (Å²) in [5, 5.41) is 7.32. The van der Waals surface area contributed by atoms with Crippen molar-refractivity contribution >= 4 is 5.91 Å². The summed E-state index contributed by atoms with van der Waals surface area (Å²) in [5.74, 6) is 1.23. The maximum absolute atomic E-state index is 12.9. The van der Waals surface area contributed by atoms with Gasteiger partial charge >= 0.3 is 0 Å². The highest BCUT2D eigenvalue weighted by Crippen LogP contribution is 2.33. The predicted molar refractivity (Wildman–Crippen MR) is 112 cm³/mol. The Bertz CT molecular complexity index is 960. The summed E-state index contributed by atoms with van der Waals surface area (Å²) in [6.45, 7) is 3.47. The fraction of sp³-hybridized carbons (Fsp3) is 0.348. The lowest BCUT2D eigenvalue weighted by molar-refractivity contribution is -0.125. The minimum absolute atomic E-state index is 0.0153. The van der Waals surface area contributed by atoms with Gasteiger partial charge in [-0.1, -0.05) is 43.3 Å². The Morgan fingerprint density at radius 1 is 1.13 bits per heavy atom. The van der Waals surface area contributed by atoms with Crippen LogP contribution in [-0.2, 0) is 17.8 Å². The molecule has 0 aliphatic carbocycles. The van der Waals surface area contributed by atoms with Gasteiger partial charge in [-0.25, -0.2) is 4.98 Å². The van der Waals surface area contributed by atoms with Crippen LogP contribution < -0.4 is 14.8 Å². The van der Waals surface area contributed by atoms with Crippen LogP contribution in [0.15, 0.2) is 61.2 Å². The molecule has 30 heavy (non-hydrogen) atoms. The van der Waals surface area contributed by atoms with Crippen LogP contribution in [-0.4, -0.2) is 33.9 Å². The average Bonchev–Trinajstić information content (AvgIpc) is 3.30. The molecule has 0 spiro atoms. The second-order valence-corrected chi connectivity index (χ2v) is 7.51. The van der Waals surface area contributed by atoms with Gasteiger partial charge in [-0.3, -0.25) is 9.48 Å². The zero-order chi connectivity index (χ0) is 20.8. The number of hydrogen-bond acceptors (Lipinski definition) is 5. The number of carbonyl (C=O) groups is 1. The van der Waals surface area contributed by atoms with Crippen molar-refractivity contribution in [3.8, 4) is 11.5 Å². The second kappa shape index (κ2) is 9.43. The number of fused-ring (bicyclic) bond motifs is 1. The van der Waals surface area contributed by atoms with Crippen molar-refractivity contribution in [2.24, 2.45) is 5.92 Å². The van der Waals surface area contributed by atoms with Gasteiger partial charge in [-0.2, -0.15) is 5.10 Å². The number of nitrogens with zero attached hydrogens (tertiary/aromatic N) is 3. The Morgan fingerprint density at radius 2 is 1.93 bits per heavy atom. The lowest BCUT2D eigenvalue weighted by atomic mass is 9.97.